The third-order valence-electron chi connectivity index (χ3n) is 2.33. The molecule has 2 rings (SSSR count). The Morgan fingerprint density at radius 1 is 1.39 bits per heavy atom. The topological polar surface area (TPSA) is 60.2 Å². The minimum absolute atomic E-state index is 0.0232. The zero-order chi connectivity index (χ0) is 13.1. The van der Waals surface area contributed by atoms with Crippen molar-refractivity contribution in [1.82, 2.24) is 0 Å². The molecule has 0 saturated carbocycles. The molecular weight excluding hydrogens is 257 g/mol. The van der Waals surface area contributed by atoms with E-state index in [4.69, 9.17) is 0 Å². The minimum atomic E-state index is -0.779. The Labute approximate surface area is 106 Å². The Morgan fingerprint density at radius 2 is 2.17 bits per heavy atom. The lowest BCUT2D eigenvalue weighted by Gasteiger charge is -2.00. The molecule has 0 aliphatic carbocycles. The van der Waals surface area contributed by atoms with Crippen molar-refractivity contribution in [3.63, 3.8) is 0 Å². The van der Waals surface area contributed by atoms with Gasteiger partial charge in [-0.05, 0) is 17.5 Å². The van der Waals surface area contributed by atoms with Gasteiger partial charge in [0.25, 0.3) is 5.69 Å². The van der Waals surface area contributed by atoms with Gasteiger partial charge in [-0.3, -0.25) is 14.9 Å². The van der Waals surface area contributed by atoms with Crippen LogP contribution in [0.2, 0.25) is 0 Å². The summed E-state index contributed by atoms with van der Waals surface area (Å²) >= 11 is 1.41. The third kappa shape index (κ3) is 2.78. The minimum Gasteiger partial charge on any atom is -0.294 e. The van der Waals surface area contributed by atoms with Crippen molar-refractivity contribution < 1.29 is 14.1 Å². The SMILES string of the molecule is O=C(Cc1cccs1)c1cc(F)cc([N+](=O)[O-])c1. The van der Waals surface area contributed by atoms with E-state index in [2.05, 4.69) is 0 Å². The highest BCUT2D eigenvalue weighted by atomic mass is 32.1. The highest BCUT2D eigenvalue weighted by molar-refractivity contribution is 7.10. The van der Waals surface area contributed by atoms with Gasteiger partial charge < -0.3 is 0 Å². The van der Waals surface area contributed by atoms with Crippen molar-refractivity contribution in [3.8, 4) is 0 Å². The number of nitro groups is 1. The zero-order valence-corrected chi connectivity index (χ0v) is 9.95. The van der Waals surface area contributed by atoms with Crippen LogP contribution in [0.1, 0.15) is 15.2 Å². The summed E-state index contributed by atoms with van der Waals surface area (Å²) in [5, 5.41) is 12.4. The quantitative estimate of drug-likeness (QED) is 0.484. The molecule has 0 radical (unpaired) electrons. The maximum atomic E-state index is 13.2. The number of nitrogens with zero attached hydrogens (tertiary/aromatic N) is 1. The van der Waals surface area contributed by atoms with Gasteiger partial charge in [0, 0.05) is 22.9 Å². The largest absolute Gasteiger partial charge is 0.294 e. The van der Waals surface area contributed by atoms with Gasteiger partial charge in [0.15, 0.2) is 5.78 Å². The molecule has 1 aromatic carbocycles. The van der Waals surface area contributed by atoms with Gasteiger partial charge in [0.1, 0.15) is 5.82 Å². The predicted octanol–water partition coefficient (Wildman–Crippen LogP) is 3.22. The van der Waals surface area contributed by atoms with Crippen LogP contribution < -0.4 is 0 Å². The summed E-state index contributed by atoms with van der Waals surface area (Å²) in [7, 11) is 0. The number of non-ortho nitro benzene ring substituents is 1. The summed E-state index contributed by atoms with van der Waals surface area (Å²) in [6.07, 6.45) is 0.123. The van der Waals surface area contributed by atoms with Crippen LogP contribution in [-0.4, -0.2) is 10.7 Å². The normalized spacial score (nSPS) is 10.3. The molecule has 0 bridgehead atoms. The highest BCUT2D eigenvalue weighted by Crippen LogP contribution is 2.19. The van der Waals surface area contributed by atoms with Crippen LogP contribution in [0.25, 0.3) is 0 Å². The Balaban J connectivity index is 2.27. The molecule has 0 unspecified atom stereocenters. The van der Waals surface area contributed by atoms with Gasteiger partial charge in [-0.1, -0.05) is 6.07 Å². The number of halogens is 1. The first kappa shape index (κ1) is 12.4. The summed E-state index contributed by atoms with van der Waals surface area (Å²) in [5.74, 6) is -1.11. The van der Waals surface area contributed by atoms with E-state index in [0.29, 0.717) is 0 Å². The number of carbonyl (C=O) groups excluding carboxylic acids is 1. The molecule has 0 fully saturated rings. The molecule has 4 nitrogen and oxygen atoms in total. The number of ketones is 1. The van der Waals surface area contributed by atoms with Crippen LogP contribution in [0.15, 0.2) is 35.7 Å². The van der Waals surface area contributed by atoms with Gasteiger partial charge >= 0.3 is 0 Å². The average molecular weight is 265 g/mol. The van der Waals surface area contributed by atoms with Crippen molar-refractivity contribution in [3.05, 3.63) is 62.1 Å². The summed E-state index contributed by atoms with van der Waals surface area (Å²) in [5.41, 5.74) is -0.389. The van der Waals surface area contributed by atoms with Crippen molar-refractivity contribution in [2.45, 2.75) is 6.42 Å². The summed E-state index contributed by atoms with van der Waals surface area (Å²) in [6, 6.07) is 6.50. The first-order valence-electron chi connectivity index (χ1n) is 5.07. The van der Waals surface area contributed by atoms with Crippen LogP contribution in [0.4, 0.5) is 10.1 Å². The van der Waals surface area contributed by atoms with E-state index in [9.17, 15) is 19.3 Å². The third-order valence-corrected chi connectivity index (χ3v) is 3.21. The monoisotopic (exact) mass is 265 g/mol. The molecule has 0 saturated heterocycles. The number of nitro benzene ring substituents is 1. The van der Waals surface area contributed by atoms with E-state index >= 15 is 0 Å². The summed E-state index contributed by atoms with van der Waals surface area (Å²) in [6.45, 7) is 0. The fraction of sp³-hybridized carbons (Fsp3) is 0.0833. The molecule has 1 heterocycles. The fourth-order valence-electron chi connectivity index (χ4n) is 1.51. The number of Topliss-reactive ketones (excluding diaryl/α,β-unsaturated/α-hetero) is 1. The van der Waals surface area contributed by atoms with Gasteiger partial charge in [-0.2, -0.15) is 0 Å². The first-order chi connectivity index (χ1) is 8.56. The molecule has 2 aromatic rings. The van der Waals surface area contributed by atoms with Crippen LogP contribution in [-0.2, 0) is 6.42 Å². The Morgan fingerprint density at radius 3 is 2.78 bits per heavy atom. The predicted molar refractivity (Wildman–Crippen MR) is 65.4 cm³/mol. The molecule has 1 aromatic heterocycles. The summed E-state index contributed by atoms with van der Waals surface area (Å²) < 4.78 is 13.2. The first-order valence-corrected chi connectivity index (χ1v) is 5.95. The number of hydrogen-bond acceptors (Lipinski definition) is 4. The molecule has 0 spiro atoms. The molecule has 18 heavy (non-hydrogen) atoms. The molecule has 6 heteroatoms. The second-order valence-corrected chi connectivity index (χ2v) is 4.67. The number of benzene rings is 1. The van der Waals surface area contributed by atoms with E-state index in [1.54, 1.807) is 12.1 Å². The van der Waals surface area contributed by atoms with E-state index in [0.717, 1.165) is 23.1 Å². The number of thiophene rings is 1. The molecule has 0 aliphatic heterocycles. The van der Waals surface area contributed by atoms with Crippen LogP contribution >= 0.6 is 11.3 Å². The van der Waals surface area contributed by atoms with Gasteiger partial charge in [0.2, 0.25) is 0 Å². The Hall–Kier alpha value is -2.08. The standard InChI is InChI=1S/C12H8FNO3S/c13-9-4-8(5-10(6-9)14(16)17)12(15)7-11-2-1-3-18-11/h1-6H,7H2. The molecule has 0 amide bonds. The number of carbonyl (C=O) groups is 1. The molecular formula is C12H8FNO3S. The van der Waals surface area contributed by atoms with Crippen molar-refractivity contribution in [2.75, 3.05) is 0 Å². The van der Waals surface area contributed by atoms with Gasteiger partial charge in [-0.25, -0.2) is 4.39 Å². The number of hydrogen-bond donors (Lipinski definition) is 0. The highest BCUT2D eigenvalue weighted by Gasteiger charge is 2.15. The lowest BCUT2D eigenvalue weighted by molar-refractivity contribution is -0.385. The van der Waals surface area contributed by atoms with E-state index in [1.807, 2.05) is 5.38 Å². The second kappa shape index (κ2) is 5.05. The lowest BCUT2D eigenvalue weighted by Crippen LogP contribution is -2.04. The number of rotatable bonds is 4. The van der Waals surface area contributed by atoms with E-state index < -0.39 is 16.4 Å². The molecule has 0 N–H and O–H groups in total. The van der Waals surface area contributed by atoms with Gasteiger partial charge in [-0.15, -0.1) is 11.3 Å². The van der Waals surface area contributed by atoms with Crippen LogP contribution in [0.3, 0.4) is 0 Å². The average Bonchev–Trinajstić information content (AvgIpc) is 2.80. The van der Waals surface area contributed by atoms with Crippen LogP contribution in [0.5, 0.6) is 0 Å². The smallest absolute Gasteiger partial charge is 0.273 e. The second-order valence-electron chi connectivity index (χ2n) is 3.63. The summed E-state index contributed by atoms with van der Waals surface area (Å²) in [4.78, 5) is 22.6. The van der Waals surface area contributed by atoms with Crippen LogP contribution in [0, 0.1) is 15.9 Å². The van der Waals surface area contributed by atoms with E-state index in [1.165, 1.54) is 11.3 Å². The molecule has 92 valence electrons. The van der Waals surface area contributed by atoms with E-state index in [-0.39, 0.29) is 17.8 Å². The fourth-order valence-corrected chi connectivity index (χ4v) is 2.22. The van der Waals surface area contributed by atoms with Gasteiger partial charge in [0.05, 0.1) is 11.0 Å². The van der Waals surface area contributed by atoms with Crippen molar-refractivity contribution in [2.24, 2.45) is 0 Å². The maximum Gasteiger partial charge on any atom is 0.273 e. The lowest BCUT2D eigenvalue weighted by atomic mass is 10.1. The zero-order valence-electron chi connectivity index (χ0n) is 9.13. The Kier molecular flexibility index (Phi) is 3.47. The molecule has 0 atom stereocenters. The Bertz CT molecular complexity index is 595. The molecule has 0 aliphatic rings. The maximum absolute atomic E-state index is 13.2. The van der Waals surface area contributed by atoms with Crippen molar-refractivity contribution in [1.29, 1.82) is 0 Å². The van der Waals surface area contributed by atoms with Crippen molar-refractivity contribution >= 4 is 22.8 Å².